The molecule has 0 radical (unpaired) electrons. The van der Waals surface area contributed by atoms with Crippen molar-refractivity contribution in [3.05, 3.63) is 51.6 Å². The molecule has 24 heavy (non-hydrogen) atoms. The van der Waals surface area contributed by atoms with Gasteiger partial charge in [-0.25, -0.2) is 4.39 Å². The average Bonchev–Trinajstić information content (AvgIpc) is 3.21. The van der Waals surface area contributed by atoms with Crippen LogP contribution in [0.15, 0.2) is 29.0 Å². The molecule has 4 heterocycles. The third-order valence-electron chi connectivity index (χ3n) is 4.75. The zero-order valence-electron chi connectivity index (χ0n) is 12.6. The Hall–Kier alpha value is -2.15. The van der Waals surface area contributed by atoms with Gasteiger partial charge in [-0.2, -0.15) is 0 Å². The van der Waals surface area contributed by atoms with Crippen LogP contribution in [-0.2, 0) is 12.8 Å². The summed E-state index contributed by atoms with van der Waals surface area (Å²) in [5.41, 5.74) is 3.38. The van der Waals surface area contributed by atoms with Gasteiger partial charge in [0, 0.05) is 5.56 Å². The van der Waals surface area contributed by atoms with E-state index in [-0.39, 0.29) is 11.7 Å². The van der Waals surface area contributed by atoms with Gasteiger partial charge in [-0.15, -0.1) is 10.2 Å². The van der Waals surface area contributed by atoms with E-state index in [1.54, 1.807) is 12.4 Å². The molecule has 0 amide bonds. The number of hydrogen-bond donors (Lipinski definition) is 0. The molecule has 5 nitrogen and oxygen atoms in total. The van der Waals surface area contributed by atoms with Crippen LogP contribution in [0.5, 0.6) is 11.5 Å². The molecule has 0 spiro atoms. The highest BCUT2D eigenvalue weighted by atomic mass is 79.9. The SMILES string of the molecule is Fc1ccc2c3c1CCc1c(cc(Br)c4nncn14)OC[C@H]3CO2. The van der Waals surface area contributed by atoms with Gasteiger partial charge in [-0.05, 0) is 52.5 Å². The Bertz CT molecular complexity index is 972. The lowest BCUT2D eigenvalue weighted by Gasteiger charge is -2.14. The number of rotatable bonds is 0. The number of ether oxygens (including phenoxy) is 2. The van der Waals surface area contributed by atoms with Crippen molar-refractivity contribution in [2.45, 2.75) is 18.8 Å². The highest BCUT2D eigenvalue weighted by Crippen LogP contribution is 2.40. The largest absolute Gasteiger partial charge is 0.493 e. The number of benzene rings is 1. The van der Waals surface area contributed by atoms with Crippen LogP contribution in [-0.4, -0.2) is 27.8 Å². The predicted octanol–water partition coefficient (Wildman–Crippen LogP) is 3.28. The molecule has 5 rings (SSSR count). The highest BCUT2D eigenvalue weighted by Gasteiger charge is 2.31. The molecular formula is C17H13BrFN3O2. The normalized spacial score (nSPS) is 18.8. The molecule has 1 atom stereocenters. The van der Waals surface area contributed by atoms with E-state index < -0.39 is 0 Å². The maximum atomic E-state index is 14.5. The summed E-state index contributed by atoms with van der Waals surface area (Å²) in [4.78, 5) is 0. The Kier molecular flexibility index (Phi) is 3.06. The summed E-state index contributed by atoms with van der Waals surface area (Å²) in [6.07, 6.45) is 2.89. The monoisotopic (exact) mass is 389 g/mol. The minimum atomic E-state index is -0.176. The third-order valence-corrected chi connectivity index (χ3v) is 5.34. The lowest BCUT2D eigenvalue weighted by atomic mass is 9.93. The van der Waals surface area contributed by atoms with Crippen molar-refractivity contribution in [2.24, 2.45) is 0 Å². The summed E-state index contributed by atoms with van der Waals surface area (Å²) in [5, 5.41) is 8.11. The minimum absolute atomic E-state index is 0.0482. The lowest BCUT2D eigenvalue weighted by Crippen LogP contribution is -2.13. The third kappa shape index (κ3) is 1.97. The number of pyridine rings is 1. The van der Waals surface area contributed by atoms with Gasteiger partial charge >= 0.3 is 0 Å². The van der Waals surface area contributed by atoms with Crippen molar-refractivity contribution in [3.8, 4) is 11.5 Å². The maximum Gasteiger partial charge on any atom is 0.175 e. The molecule has 0 aliphatic carbocycles. The first-order valence-corrected chi connectivity index (χ1v) is 8.59. The summed E-state index contributed by atoms with van der Waals surface area (Å²) >= 11 is 3.51. The Balaban J connectivity index is 1.69. The first kappa shape index (κ1) is 14.2. The van der Waals surface area contributed by atoms with E-state index in [1.165, 1.54) is 6.07 Å². The van der Waals surface area contributed by atoms with Gasteiger partial charge in [0.05, 0.1) is 29.3 Å². The standard InChI is InChI=1S/C17H13BrFN3O2/c18-11-5-15-13(22-8-20-21-17(11)22)3-1-10-12(19)2-4-14-16(10)9(6-23-14)7-24-15/h2,4-5,8-9H,1,3,6-7H2/t9-/m1/s1. The second kappa shape index (κ2) is 5.17. The van der Waals surface area contributed by atoms with Crippen molar-refractivity contribution in [3.63, 3.8) is 0 Å². The fourth-order valence-electron chi connectivity index (χ4n) is 3.63. The Morgan fingerprint density at radius 1 is 1.17 bits per heavy atom. The van der Waals surface area contributed by atoms with Crippen molar-refractivity contribution in [2.75, 3.05) is 13.2 Å². The first-order valence-electron chi connectivity index (χ1n) is 7.80. The number of nitrogens with zero attached hydrogens (tertiary/aromatic N) is 3. The van der Waals surface area contributed by atoms with Gasteiger partial charge in [-0.1, -0.05) is 0 Å². The summed E-state index contributed by atoms with van der Waals surface area (Å²) in [7, 11) is 0. The smallest absolute Gasteiger partial charge is 0.175 e. The molecule has 2 aliphatic rings. The number of aryl methyl sites for hydroxylation is 1. The molecule has 3 aromatic rings. The molecule has 7 heteroatoms. The Labute approximate surface area is 145 Å². The van der Waals surface area contributed by atoms with Crippen molar-refractivity contribution >= 4 is 21.6 Å². The molecule has 0 saturated carbocycles. The van der Waals surface area contributed by atoms with Crippen molar-refractivity contribution in [1.29, 1.82) is 0 Å². The van der Waals surface area contributed by atoms with Gasteiger partial charge in [0.25, 0.3) is 0 Å². The predicted molar refractivity (Wildman–Crippen MR) is 88.2 cm³/mol. The Morgan fingerprint density at radius 2 is 2.00 bits per heavy atom. The molecule has 1 aromatic carbocycles. The van der Waals surface area contributed by atoms with Crippen LogP contribution < -0.4 is 9.47 Å². The van der Waals surface area contributed by atoms with Crippen LogP contribution in [0.3, 0.4) is 0 Å². The number of fused-ring (bicyclic) bond motifs is 3. The van der Waals surface area contributed by atoms with Crippen LogP contribution in [0.4, 0.5) is 4.39 Å². The van der Waals surface area contributed by atoms with E-state index >= 15 is 0 Å². The molecule has 2 aromatic heterocycles. The van der Waals surface area contributed by atoms with E-state index in [2.05, 4.69) is 26.1 Å². The van der Waals surface area contributed by atoms with Crippen molar-refractivity contribution in [1.82, 2.24) is 14.6 Å². The fraction of sp³-hybridized carbons (Fsp3) is 0.294. The molecule has 122 valence electrons. The van der Waals surface area contributed by atoms with E-state index in [1.807, 2.05) is 10.5 Å². The van der Waals surface area contributed by atoms with Gasteiger partial charge in [-0.3, -0.25) is 4.40 Å². The van der Waals surface area contributed by atoms with E-state index in [4.69, 9.17) is 9.47 Å². The summed E-state index contributed by atoms with van der Waals surface area (Å²) in [5.74, 6) is 1.43. The number of hydrogen-bond acceptors (Lipinski definition) is 4. The molecule has 2 aliphatic heterocycles. The Morgan fingerprint density at radius 3 is 2.88 bits per heavy atom. The topological polar surface area (TPSA) is 48.7 Å². The number of halogens is 2. The highest BCUT2D eigenvalue weighted by molar-refractivity contribution is 9.10. The van der Waals surface area contributed by atoms with Gasteiger partial charge in [0.15, 0.2) is 5.65 Å². The quantitative estimate of drug-likeness (QED) is 0.591. The van der Waals surface area contributed by atoms with Crippen LogP contribution in [0.25, 0.3) is 5.65 Å². The van der Waals surface area contributed by atoms with Crippen LogP contribution in [0.2, 0.25) is 0 Å². The van der Waals surface area contributed by atoms with Crippen LogP contribution in [0.1, 0.15) is 22.7 Å². The van der Waals surface area contributed by atoms with E-state index in [0.29, 0.717) is 26.1 Å². The summed E-state index contributed by atoms with van der Waals surface area (Å²) < 4.78 is 29.0. The van der Waals surface area contributed by atoms with E-state index in [9.17, 15) is 4.39 Å². The second-order valence-electron chi connectivity index (χ2n) is 6.08. The van der Waals surface area contributed by atoms with Gasteiger partial charge < -0.3 is 9.47 Å². The summed E-state index contributed by atoms with van der Waals surface area (Å²) in [6, 6.07) is 5.13. The summed E-state index contributed by atoms with van der Waals surface area (Å²) in [6.45, 7) is 0.980. The lowest BCUT2D eigenvalue weighted by molar-refractivity contribution is 0.246. The zero-order valence-corrected chi connectivity index (χ0v) is 14.2. The van der Waals surface area contributed by atoms with Crippen LogP contribution >= 0.6 is 15.9 Å². The minimum Gasteiger partial charge on any atom is -0.493 e. The zero-order chi connectivity index (χ0) is 16.3. The second-order valence-corrected chi connectivity index (χ2v) is 6.94. The molecule has 0 bridgehead atoms. The maximum absolute atomic E-state index is 14.5. The molecular weight excluding hydrogens is 377 g/mol. The average molecular weight is 390 g/mol. The van der Waals surface area contributed by atoms with E-state index in [0.717, 1.165) is 38.4 Å². The molecule has 0 fully saturated rings. The molecule has 0 N–H and O–H groups in total. The van der Waals surface area contributed by atoms with Crippen LogP contribution in [0, 0.1) is 5.82 Å². The van der Waals surface area contributed by atoms with Crippen molar-refractivity contribution < 1.29 is 13.9 Å². The first-order chi connectivity index (χ1) is 11.7. The fourth-order valence-corrected chi connectivity index (χ4v) is 4.11. The van der Waals surface area contributed by atoms with Gasteiger partial charge in [0.1, 0.15) is 23.6 Å². The van der Waals surface area contributed by atoms with Gasteiger partial charge in [0.2, 0.25) is 0 Å². The molecule has 0 unspecified atom stereocenters. The number of aromatic nitrogens is 3. The molecule has 0 saturated heterocycles.